The number of benzene rings is 2. The summed E-state index contributed by atoms with van der Waals surface area (Å²) >= 11 is 0. The van der Waals surface area contributed by atoms with Crippen LogP contribution in [0.3, 0.4) is 0 Å². The number of rotatable bonds is 3. The summed E-state index contributed by atoms with van der Waals surface area (Å²) in [6.45, 7) is 1.25. The van der Waals surface area contributed by atoms with Crippen LogP contribution in [0, 0.1) is 11.6 Å². The molecule has 130 valence electrons. The van der Waals surface area contributed by atoms with Crippen molar-refractivity contribution in [3.8, 4) is 0 Å². The molecule has 1 aliphatic carbocycles. The molecule has 1 unspecified atom stereocenters. The normalized spacial score (nSPS) is 16.0. The van der Waals surface area contributed by atoms with E-state index in [0.29, 0.717) is 6.42 Å². The number of carbonyl (C=O) groups is 2. The quantitative estimate of drug-likeness (QED) is 0.885. The zero-order valence-electron chi connectivity index (χ0n) is 13.7. The van der Waals surface area contributed by atoms with Crippen molar-refractivity contribution in [2.45, 2.75) is 32.1 Å². The number of carbonyl (C=O) groups excluding carboxylic acids is 2. The topological polar surface area (TPSA) is 58.2 Å². The number of halogens is 2. The van der Waals surface area contributed by atoms with Crippen LogP contribution in [0.4, 0.5) is 20.2 Å². The molecule has 2 N–H and O–H groups in total. The van der Waals surface area contributed by atoms with E-state index in [1.807, 2.05) is 24.3 Å². The lowest BCUT2D eigenvalue weighted by atomic mass is 9.82. The number of nitrogens with one attached hydrogen (secondary N) is 2. The van der Waals surface area contributed by atoms with E-state index < -0.39 is 17.5 Å². The summed E-state index contributed by atoms with van der Waals surface area (Å²) in [6, 6.07) is 9.47. The Morgan fingerprint density at radius 2 is 1.68 bits per heavy atom. The molecule has 2 aromatic carbocycles. The van der Waals surface area contributed by atoms with Crippen LogP contribution in [0.15, 0.2) is 36.4 Å². The molecule has 0 heterocycles. The first-order chi connectivity index (χ1) is 12.0. The summed E-state index contributed by atoms with van der Waals surface area (Å²) in [4.78, 5) is 24.0. The summed E-state index contributed by atoms with van der Waals surface area (Å²) in [5, 5.41) is 5.04. The maximum atomic E-state index is 13.6. The smallest absolute Gasteiger partial charge is 0.231 e. The average molecular weight is 344 g/mol. The molecule has 0 radical (unpaired) electrons. The molecule has 0 bridgehead atoms. The monoisotopic (exact) mass is 344 g/mol. The molecule has 1 aliphatic rings. The third-order valence-corrected chi connectivity index (χ3v) is 4.31. The highest BCUT2D eigenvalue weighted by molar-refractivity contribution is 6.01. The van der Waals surface area contributed by atoms with Gasteiger partial charge in [-0.2, -0.15) is 0 Å². The van der Waals surface area contributed by atoms with Crippen molar-refractivity contribution in [2.24, 2.45) is 0 Å². The van der Waals surface area contributed by atoms with Crippen molar-refractivity contribution in [3.05, 3.63) is 59.2 Å². The third-order valence-electron chi connectivity index (χ3n) is 4.31. The van der Waals surface area contributed by atoms with Gasteiger partial charge in [-0.25, -0.2) is 8.78 Å². The van der Waals surface area contributed by atoms with Crippen molar-refractivity contribution >= 4 is 23.2 Å². The highest BCUT2D eigenvalue weighted by Crippen LogP contribution is 2.33. The Balaban J connectivity index is 1.89. The van der Waals surface area contributed by atoms with Gasteiger partial charge in [0, 0.05) is 19.1 Å². The predicted molar refractivity (Wildman–Crippen MR) is 91.4 cm³/mol. The Kier molecular flexibility index (Phi) is 4.79. The summed E-state index contributed by atoms with van der Waals surface area (Å²) in [5.41, 5.74) is 2.15. The molecule has 2 aromatic rings. The Morgan fingerprint density at radius 1 is 1.04 bits per heavy atom. The first-order valence-electron chi connectivity index (χ1n) is 8.11. The molecule has 25 heavy (non-hydrogen) atoms. The van der Waals surface area contributed by atoms with Gasteiger partial charge in [-0.3, -0.25) is 9.59 Å². The van der Waals surface area contributed by atoms with E-state index in [9.17, 15) is 18.4 Å². The van der Waals surface area contributed by atoms with Crippen LogP contribution in [-0.2, 0) is 16.0 Å². The van der Waals surface area contributed by atoms with Crippen molar-refractivity contribution in [1.29, 1.82) is 0 Å². The van der Waals surface area contributed by atoms with Crippen LogP contribution < -0.4 is 10.6 Å². The molecule has 0 saturated heterocycles. The Hall–Kier alpha value is -2.76. The number of hydrogen-bond donors (Lipinski definition) is 2. The average Bonchev–Trinajstić information content (AvgIpc) is 2.58. The zero-order chi connectivity index (χ0) is 18.0. The molecular formula is C19H18F2N2O2. The van der Waals surface area contributed by atoms with Crippen molar-refractivity contribution in [3.63, 3.8) is 0 Å². The van der Waals surface area contributed by atoms with Crippen LogP contribution >= 0.6 is 0 Å². The predicted octanol–water partition coefficient (Wildman–Crippen LogP) is 3.98. The van der Waals surface area contributed by atoms with Gasteiger partial charge < -0.3 is 10.6 Å². The second-order valence-electron chi connectivity index (χ2n) is 6.13. The molecule has 2 amide bonds. The lowest BCUT2D eigenvalue weighted by molar-refractivity contribution is -0.118. The Labute approximate surface area is 144 Å². The third kappa shape index (κ3) is 3.68. The highest BCUT2D eigenvalue weighted by atomic mass is 19.2. The van der Waals surface area contributed by atoms with E-state index in [0.717, 1.165) is 36.1 Å². The minimum atomic E-state index is -1.09. The van der Waals surface area contributed by atoms with Crippen molar-refractivity contribution < 1.29 is 18.4 Å². The number of anilines is 2. The second kappa shape index (κ2) is 7.01. The van der Waals surface area contributed by atoms with E-state index in [4.69, 9.17) is 0 Å². The summed E-state index contributed by atoms with van der Waals surface area (Å²) in [5.74, 6) is -3.28. The van der Waals surface area contributed by atoms with E-state index in [1.165, 1.54) is 6.92 Å². The molecule has 0 saturated carbocycles. The molecule has 0 aliphatic heterocycles. The van der Waals surface area contributed by atoms with E-state index in [2.05, 4.69) is 10.6 Å². The molecule has 1 atom stereocenters. The first-order valence-corrected chi connectivity index (χ1v) is 8.11. The van der Waals surface area contributed by atoms with Gasteiger partial charge in [0.05, 0.1) is 17.3 Å². The standard InChI is InChI=1S/C19H18F2N2O2/c1-11(24)22-17-9-15(20)16(21)10-18(17)23-19(25)14-8-4-6-12-5-2-3-7-13(12)14/h2-3,5,7,9-10,14H,4,6,8H2,1H3,(H,22,24)(H,23,25). The Morgan fingerprint density at radius 3 is 2.36 bits per heavy atom. The fourth-order valence-electron chi connectivity index (χ4n) is 3.19. The van der Waals surface area contributed by atoms with Gasteiger partial charge in [-0.05, 0) is 30.4 Å². The largest absolute Gasteiger partial charge is 0.324 e. The highest BCUT2D eigenvalue weighted by Gasteiger charge is 2.27. The fourth-order valence-corrected chi connectivity index (χ4v) is 3.19. The molecule has 6 heteroatoms. The van der Waals surface area contributed by atoms with E-state index in [-0.39, 0.29) is 23.2 Å². The maximum absolute atomic E-state index is 13.6. The van der Waals surface area contributed by atoms with Crippen LogP contribution in [0.1, 0.15) is 36.8 Å². The molecule has 3 rings (SSSR count). The summed E-state index contributed by atoms with van der Waals surface area (Å²) < 4.78 is 27.0. The van der Waals surface area contributed by atoms with Gasteiger partial charge >= 0.3 is 0 Å². The van der Waals surface area contributed by atoms with E-state index in [1.54, 1.807) is 0 Å². The van der Waals surface area contributed by atoms with Gasteiger partial charge in [0.1, 0.15) is 0 Å². The van der Waals surface area contributed by atoms with Crippen molar-refractivity contribution in [2.75, 3.05) is 10.6 Å². The minimum Gasteiger partial charge on any atom is -0.324 e. The van der Waals surface area contributed by atoms with Gasteiger partial charge in [-0.15, -0.1) is 0 Å². The van der Waals surface area contributed by atoms with Crippen LogP contribution in [-0.4, -0.2) is 11.8 Å². The van der Waals surface area contributed by atoms with Crippen LogP contribution in [0.2, 0.25) is 0 Å². The van der Waals surface area contributed by atoms with Crippen LogP contribution in [0.25, 0.3) is 0 Å². The van der Waals surface area contributed by atoms with Gasteiger partial charge in [0.15, 0.2) is 11.6 Å². The molecule has 0 spiro atoms. The van der Waals surface area contributed by atoms with Crippen molar-refractivity contribution in [1.82, 2.24) is 0 Å². The minimum absolute atomic E-state index is 0.0313. The fraction of sp³-hybridized carbons (Fsp3) is 0.263. The summed E-state index contributed by atoms with van der Waals surface area (Å²) in [6.07, 6.45) is 2.48. The molecule has 0 fully saturated rings. The van der Waals surface area contributed by atoms with Crippen LogP contribution in [0.5, 0.6) is 0 Å². The number of aryl methyl sites for hydroxylation is 1. The Bertz CT molecular complexity index is 836. The lowest BCUT2D eigenvalue weighted by Gasteiger charge is -2.25. The van der Waals surface area contributed by atoms with Gasteiger partial charge in [0.25, 0.3) is 0 Å². The number of hydrogen-bond acceptors (Lipinski definition) is 2. The molecule has 0 aromatic heterocycles. The SMILES string of the molecule is CC(=O)Nc1cc(F)c(F)cc1NC(=O)C1CCCc2ccccc21. The van der Waals surface area contributed by atoms with Gasteiger partial charge in [-0.1, -0.05) is 24.3 Å². The van der Waals surface area contributed by atoms with E-state index >= 15 is 0 Å². The maximum Gasteiger partial charge on any atom is 0.231 e. The number of amides is 2. The molecular weight excluding hydrogens is 326 g/mol. The summed E-state index contributed by atoms with van der Waals surface area (Å²) in [7, 11) is 0. The number of fused-ring (bicyclic) bond motifs is 1. The first kappa shape index (κ1) is 17.1. The van der Waals surface area contributed by atoms with Gasteiger partial charge in [0.2, 0.25) is 11.8 Å². The second-order valence-corrected chi connectivity index (χ2v) is 6.13. The molecule has 4 nitrogen and oxygen atoms in total. The lowest BCUT2D eigenvalue weighted by Crippen LogP contribution is -2.25. The zero-order valence-corrected chi connectivity index (χ0v) is 13.7.